The van der Waals surface area contributed by atoms with Gasteiger partial charge in [-0.1, -0.05) is 83.3 Å². The number of rotatable bonds is 18. The van der Waals surface area contributed by atoms with Crippen LogP contribution in [0.4, 0.5) is 0 Å². The highest BCUT2D eigenvalue weighted by Crippen LogP contribution is 2.17. The maximum absolute atomic E-state index is 12.3. The number of hydrogen-bond acceptors (Lipinski definition) is 5. The summed E-state index contributed by atoms with van der Waals surface area (Å²) >= 11 is 2.09. The summed E-state index contributed by atoms with van der Waals surface area (Å²) < 4.78 is 6.23. The molecule has 7 nitrogen and oxygen atoms in total. The van der Waals surface area contributed by atoms with Gasteiger partial charge in [-0.15, -0.1) is 0 Å². The second-order valence-electron chi connectivity index (χ2n) is 9.29. The highest BCUT2D eigenvalue weighted by Gasteiger charge is 2.11. The van der Waals surface area contributed by atoms with Gasteiger partial charge in [0.05, 0.1) is 18.3 Å². The monoisotopic (exact) mass is 633 g/mol. The molecule has 38 heavy (non-hydrogen) atoms. The van der Waals surface area contributed by atoms with E-state index in [1.54, 1.807) is 36.4 Å². The third-order valence-corrected chi connectivity index (χ3v) is 6.98. The Morgan fingerprint density at radius 3 is 2.05 bits per heavy atom. The fourth-order valence-electron chi connectivity index (χ4n) is 3.85. The first-order chi connectivity index (χ1) is 18.5. The maximum atomic E-state index is 12.3. The van der Waals surface area contributed by atoms with E-state index in [0.29, 0.717) is 17.7 Å². The van der Waals surface area contributed by atoms with Gasteiger partial charge >= 0.3 is 5.97 Å². The lowest BCUT2D eigenvalue weighted by atomic mass is 10.1. The molecule has 8 heteroatoms. The van der Waals surface area contributed by atoms with Crippen molar-refractivity contribution >= 4 is 46.6 Å². The topological polar surface area (TPSA) is 96.9 Å². The van der Waals surface area contributed by atoms with Crippen LogP contribution in [-0.2, 0) is 9.59 Å². The predicted octanol–water partition coefficient (Wildman–Crippen LogP) is 6.78. The minimum absolute atomic E-state index is 0.110. The summed E-state index contributed by atoms with van der Waals surface area (Å²) in [5.74, 6) is -0.516. The molecule has 0 aliphatic rings. The zero-order valence-corrected chi connectivity index (χ0v) is 24.5. The molecule has 0 bridgehead atoms. The minimum Gasteiger partial charge on any atom is -0.423 e. The molecule has 0 aromatic heterocycles. The van der Waals surface area contributed by atoms with Crippen LogP contribution in [0, 0.1) is 3.57 Å². The lowest BCUT2D eigenvalue weighted by molar-refractivity contribution is -0.126. The molecule has 0 spiro atoms. The second-order valence-corrected chi connectivity index (χ2v) is 10.5. The van der Waals surface area contributed by atoms with Crippen molar-refractivity contribution in [2.45, 2.75) is 84.0 Å². The number of carbonyl (C=O) groups is 3. The molecule has 0 saturated carbocycles. The molecule has 2 amide bonds. The first kappa shape index (κ1) is 31.5. The summed E-state index contributed by atoms with van der Waals surface area (Å²) in [6.45, 7) is 2.13. The number of amides is 2. The number of halogens is 1. The Morgan fingerprint density at radius 1 is 0.816 bits per heavy atom. The van der Waals surface area contributed by atoms with Crippen LogP contribution in [0.1, 0.15) is 99.9 Å². The summed E-state index contributed by atoms with van der Waals surface area (Å²) in [6.07, 6.45) is 15.5. The van der Waals surface area contributed by atoms with Gasteiger partial charge in [-0.2, -0.15) is 5.10 Å². The highest BCUT2D eigenvalue weighted by molar-refractivity contribution is 14.1. The van der Waals surface area contributed by atoms with Gasteiger partial charge in [0.1, 0.15) is 5.75 Å². The van der Waals surface area contributed by atoms with Gasteiger partial charge in [0.25, 0.3) is 5.91 Å². The molecule has 206 valence electrons. The Balaban J connectivity index is 1.54. The van der Waals surface area contributed by atoms with Gasteiger partial charge in [-0.25, -0.2) is 10.2 Å². The fraction of sp³-hybridized carbons (Fsp3) is 0.467. The summed E-state index contributed by atoms with van der Waals surface area (Å²) in [5.41, 5.74) is 3.63. The van der Waals surface area contributed by atoms with E-state index >= 15 is 0 Å². The average Bonchev–Trinajstić information content (AvgIpc) is 2.91. The normalized spacial score (nSPS) is 10.9. The highest BCUT2D eigenvalue weighted by atomic mass is 127. The molecule has 0 radical (unpaired) electrons. The molecule has 2 aromatic rings. The molecule has 0 saturated heterocycles. The van der Waals surface area contributed by atoms with Crippen LogP contribution in [0.25, 0.3) is 0 Å². The van der Waals surface area contributed by atoms with Crippen LogP contribution in [0.5, 0.6) is 5.75 Å². The fourth-order valence-corrected chi connectivity index (χ4v) is 4.45. The van der Waals surface area contributed by atoms with Gasteiger partial charge in [0, 0.05) is 9.99 Å². The Kier molecular flexibility index (Phi) is 16.0. The lowest BCUT2D eigenvalue weighted by Gasteiger charge is -2.06. The van der Waals surface area contributed by atoms with Crippen molar-refractivity contribution in [1.29, 1.82) is 0 Å². The Morgan fingerprint density at radius 2 is 1.42 bits per heavy atom. The van der Waals surface area contributed by atoms with Crippen LogP contribution in [0.2, 0.25) is 0 Å². The van der Waals surface area contributed by atoms with Crippen molar-refractivity contribution in [2.24, 2.45) is 5.10 Å². The van der Waals surface area contributed by atoms with Gasteiger partial charge in [-0.3, -0.25) is 9.59 Å². The van der Waals surface area contributed by atoms with E-state index < -0.39 is 11.9 Å². The molecule has 2 aromatic carbocycles. The first-order valence-corrected chi connectivity index (χ1v) is 14.7. The lowest BCUT2D eigenvalue weighted by Crippen LogP contribution is -2.34. The number of nitrogens with zero attached hydrogens (tertiary/aromatic N) is 1. The van der Waals surface area contributed by atoms with Gasteiger partial charge in [-0.05, 0) is 71.0 Å². The molecule has 0 fully saturated rings. The number of hydrazone groups is 1. The standard InChI is InChI=1S/C30H40IN3O4/c1-2-3-4-5-6-7-8-9-10-11-12-17-28(35)32-23-29(36)34-33-22-24-18-20-25(21-19-24)38-30(37)26-15-13-14-16-27(26)31/h13-16,18-22H,2-12,17,23H2,1H3,(H,32,35)(H,34,36)/b33-22-. The van der Waals surface area contributed by atoms with Gasteiger partial charge in [0.2, 0.25) is 5.91 Å². The molecule has 2 N–H and O–H groups in total. The summed E-state index contributed by atoms with van der Waals surface area (Å²) in [4.78, 5) is 36.2. The van der Waals surface area contributed by atoms with E-state index in [9.17, 15) is 14.4 Å². The number of unbranched alkanes of at least 4 members (excludes halogenated alkanes) is 10. The number of nitrogens with one attached hydrogen (secondary N) is 2. The Labute approximate surface area is 240 Å². The molecule has 0 aliphatic carbocycles. The van der Waals surface area contributed by atoms with E-state index in [0.717, 1.165) is 28.4 Å². The van der Waals surface area contributed by atoms with Crippen LogP contribution in [-0.4, -0.2) is 30.5 Å². The van der Waals surface area contributed by atoms with Crippen molar-refractivity contribution in [2.75, 3.05) is 6.54 Å². The molecule has 2 rings (SSSR count). The van der Waals surface area contributed by atoms with Crippen molar-refractivity contribution in [3.8, 4) is 5.75 Å². The molecular formula is C30H40IN3O4. The SMILES string of the molecule is CCCCCCCCCCCCCC(=O)NCC(=O)N/N=C\c1ccc(OC(=O)c2ccccc2I)cc1. The molecular weight excluding hydrogens is 593 g/mol. The number of benzene rings is 2. The summed E-state index contributed by atoms with van der Waals surface area (Å²) in [5, 5.41) is 6.55. The molecule has 0 aliphatic heterocycles. The number of hydrogen-bond donors (Lipinski definition) is 2. The van der Waals surface area contributed by atoms with Crippen molar-refractivity contribution in [3.63, 3.8) is 0 Å². The smallest absolute Gasteiger partial charge is 0.344 e. The van der Waals surface area contributed by atoms with E-state index in [2.05, 4.69) is 45.4 Å². The maximum Gasteiger partial charge on any atom is 0.344 e. The van der Waals surface area contributed by atoms with Crippen LogP contribution in [0.15, 0.2) is 53.6 Å². The second kappa shape index (κ2) is 19.3. The third-order valence-electron chi connectivity index (χ3n) is 6.04. The zero-order valence-electron chi connectivity index (χ0n) is 22.3. The van der Waals surface area contributed by atoms with Crippen molar-refractivity contribution in [1.82, 2.24) is 10.7 Å². The van der Waals surface area contributed by atoms with E-state index in [1.165, 1.54) is 57.6 Å². The Bertz CT molecular complexity index is 1020. The predicted molar refractivity (Wildman–Crippen MR) is 160 cm³/mol. The quantitative estimate of drug-likeness (QED) is 0.0473. The third kappa shape index (κ3) is 13.7. The van der Waals surface area contributed by atoms with Crippen molar-refractivity contribution in [3.05, 3.63) is 63.2 Å². The van der Waals surface area contributed by atoms with E-state index in [-0.39, 0.29) is 12.5 Å². The summed E-state index contributed by atoms with van der Waals surface area (Å²) in [6, 6.07) is 14.0. The Hall–Kier alpha value is -2.75. The van der Waals surface area contributed by atoms with Crippen molar-refractivity contribution < 1.29 is 19.1 Å². The zero-order chi connectivity index (χ0) is 27.4. The van der Waals surface area contributed by atoms with Gasteiger partial charge in [0.15, 0.2) is 0 Å². The van der Waals surface area contributed by atoms with E-state index in [1.807, 2.05) is 12.1 Å². The number of ether oxygens (including phenoxy) is 1. The summed E-state index contributed by atoms with van der Waals surface area (Å²) in [7, 11) is 0. The first-order valence-electron chi connectivity index (χ1n) is 13.6. The van der Waals surface area contributed by atoms with Gasteiger partial charge < -0.3 is 10.1 Å². The van der Waals surface area contributed by atoms with Crippen LogP contribution in [0.3, 0.4) is 0 Å². The molecule has 0 unspecified atom stereocenters. The van der Waals surface area contributed by atoms with Crippen LogP contribution < -0.4 is 15.5 Å². The van der Waals surface area contributed by atoms with Crippen LogP contribution >= 0.6 is 22.6 Å². The minimum atomic E-state index is -0.422. The van der Waals surface area contributed by atoms with E-state index in [4.69, 9.17) is 4.74 Å². The largest absolute Gasteiger partial charge is 0.423 e. The molecule has 0 heterocycles. The average molecular weight is 634 g/mol. The number of carbonyl (C=O) groups excluding carboxylic acids is 3. The number of esters is 1. The molecule has 0 atom stereocenters.